The summed E-state index contributed by atoms with van der Waals surface area (Å²) in [6.07, 6.45) is 4.13. The van der Waals surface area contributed by atoms with Gasteiger partial charge in [0.05, 0.1) is 0 Å². The van der Waals surface area contributed by atoms with Gasteiger partial charge in [-0.2, -0.15) is 0 Å². The Balaban J connectivity index is 1.69. The Bertz CT molecular complexity index is 646. The van der Waals surface area contributed by atoms with Crippen molar-refractivity contribution in [3.63, 3.8) is 0 Å². The van der Waals surface area contributed by atoms with Crippen LogP contribution in [-0.2, 0) is 0 Å². The summed E-state index contributed by atoms with van der Waals surface area (Å²) in [7, 11) is 0. The summed E-state index contributed by atoms with van der Waals surface area (Å²) in [6, 6.07) is 1.78. The second-order valence-electron chi connectivity index (χ2n) is 5.11. The summed E-state index contributed by atoms with van der Waals surface area (Å²) in [5, 5.41) is 6.79. The van der Waals surface area contributed by atoms with E-state index in [0.29, 0.717) is 21.5 Å². The Labute approximate surface area is 135 Å². The lowest BCUT2D eigenvalue weighted by Crippen LogP contribution is -2.26. The molecule has 7 heteroatoms. The molecule has 0 bridgehead atoms. The van der Waals surface area contributed by atoms with Gasteiger partial charge in [0.25, 0.3) is 5.91 Å². The third kappa shape index (κ3) is 3.36. The molecule has 0 radical (unpaired) electrons. The lowest BCUT2D eigenvalue weighted by atomic mass is 9.97. The minimum absolute atomic E-state index is 0.260. The zero-order chi connectivity index (χ0) is 14.8. The number of carbonyl (C=O) groups is 1. The smallest absolute Gasteiger partial charge is 0.293 e. The Morgan fingerprint density at radius 1 is 1.52 bits per heavy atom. The lowest BCUT2D eigenvalue weighted by Gasteiger charge is -2.20. The molecular formula is C14H16BrN3O2S. The van der Waals surface area contributed by atoms with Crippen LogP contribution in [0.15, 0.2) is 21.3 Å². The van der Waals surface area contributed by atoms with Gasteiger partial charge in [-0.3, -0.25) is 10.1 Å². The van der Waals surface area contributed by atoms with Crippen LogP contribution < -0.4 is 10.6 Å². The van der Waals surface area contributed by atoms with E-state index in [-0.39, 0.29) is 5.91 Å². The van der Waals surface area contributed by atoms with Crippen LogP contribution in [0.25, 0.3) is 0 Å². The van der Waals surface area contributed by atoms with Gasteiger partial charge >= 0.3 is 0 Å². The van der Waals surface area contributed by atoms with Gasteiger partial charge in [-0.05, 0) is 60.8 Å². The van der Waals surface area contributed by atoms with Crippen LogP contribution >= 0.6 is 27.3 Å². The molecule has 0 saturated carbocycles. The topological polar surface area (TPSA) is 67.2 Å². The zero-order valence-corrected chi connectivity index (χ0v) is 14.0. The molecule has 1 saturated heterocycles. The average molecular weight is 370 g/mol. The normalized spacial score (nSPS) is 16.1. The van der Waals surface area contributed by atoms with Gasteiger partial charge in [0.1, 0.15) is 0 Å². The SMILES string of the molecule is Cc1cc(Br)oc1C(=O)Nc1ncc(C2CCNCC2)s1. The van der Waals surface area contributed by atoms with Crippen LogP contribution in [0.5, 0.6) is 0 Å². The number of rotatable bonds is 3. The molecule has 3 rings (SSSR count). The van der Waals surface area contributed by atoms with Crippen molar-refractivity contribution in [1.29, 1.82) is 0 Å². The van der Waals surface area contributed by atoms with Gasteiger partial charge in [0.15, 0.2) is 15.6 Å². The highest BCUT2D eigenvalue weighted by Crippen LogP contribution is 2.32. The largest absolute Gasteiger partial charge is 0.444 e. The predicted octanol–water partition coefficient (Wildman–Crippen LogP) is 3.53. The van der Waals surface area contributed by atoms with E-state index in [1.165, 1.54) is 4.88 Å². The number of hydrogen-bond acceptors (Lipinski definition) is 5. The van der Waals surface area contributed by atoms with E-state index >= 15 is 0 Å². The molecule has 1 amide bonds. The Morgan fingerprint density at radius 3 is 2.95 bits per heavy atom. The minimum atomic E-state index is -0.260. The Kier molecular flexibility index (Phi) is 4.42. The van der Waals surface area contributed by atoms with Gasteiger partial charge in [0, 0.05) is 16.6 Å². The summed E-state index contributed by atoms with van der Waals surface area (Å²) in [5.41, 5.74) is 0.800. The van der Waals surface area contributed by atoms with E-state index < -0.39 is 0 Å². The monoisotopic (exact) mass is 369 g/mol. The van der Waals surface area contributed by atoms with Crippen molar-refractivity contribution >= 4 is 38.3 Å². The molecule has 0 spiro atoms. The average Bonchev–Trinajstić information content (AvgIpc) is 3.06. The second-order valence-corrected chi connectivity index (χ2v) is 6.95. The van der Waals surface area contributed by atoms with Crippen LogP contribution in [0, 0.1) is 6.92 Å². The maximum atomic E-state index is 12.2. The molecule has 0 unspecified atom stereocenters. The fourth-order valence-corrected chi connectivity index (χ4v) is 3.95. The molecule has 1 aliphatic heterocycles. The van der Waals surface area contributed by atoms with Crippen molar-refractivity contribution in [3.05, 3.63) is 33.1 Å². The third-order valence-electron chi connectivity index (χ3n) is 3.58. The quantitative estimate of drug-likeness (QED) is 0.868. The summed E-state index contributed by atoms with van der Waals surface area (Å²) in [4.78, 5) is 17.7. The second kappa shape index (κ2) is 6.29. The summed E-state index contributed by atoms with van der Waals surface area (Å²) in [6.45, 7) is 3.93. The molecule has 21 heavy (non-hydrogen) atoms. The van der Waals surface area contributed by atoms with Gasteiger partial charge in [-0.25, -0.2) is 4.98 Å². The van der Waals surface area contributed by atoms with Crippen molar-refractivity contribution in [3.8, 4) is 0 Å². The van der Waals surface area contributed by atoms with Crippen molar-refractivity contribution in [2.45, 2.75) is 25.7 Å². The summed E-state index contributed by atoms with van der Waals surface area (Å²) in [5.74, 6) is 0.610. The molecule has 112 valence electrons. The molecule has 2 N–H and O–H groups in total. The number of hydrogen-bond donors (Lipinski definition) is 2. The summed E-state index contributed by atoms with van der Waals surface area (Å²) >= 11 is 4.78. The molecule has 0 aromatic carbocycles. The number of aryl methyl sites for hydroxylation is 1. The van der Waals surface area contributed by atoms with E-state index in [1.54, 1.807) is 17.4 Å². The molecule has 2 aromatic rings. The van der Waals surface area contributed by atoms with E-state index in [4.69, 9.17) is 4.42 Å². The number of amides is 1. The first kappa shape index (κ1) is 14.7. The standard InChI is InChI=1S/C14H16BrN3O2S/c1-8-6-11(15)20-12(8)13(19)18-14-17-7-10(21-14)9-2-4-16-5-3-9/h6-7,9,16H,2-5H2,1H3,(H,17,18,19). The van der Waals surface area contributed by atoms with Gasteiger partial charge < -0.3 is 9.73 Å². The van der Waals surface area contributed by atoms with Crippen molar-refractivity contribution in [2.75, 3.05) is 18.4 Å². The minimum Gasteiger partial charge on any atom is -0.444 e. The van der Waals surface area contributed by atoms with E-state index in [2.05, 4.69) is 31.5 Å². The maximum absolute atomic E-state index is 12.2. The van der Waals surface area contributed by atoms with Crippen LogP contribution in [0.4, 0.5) is 5.13 Å². The molecule has 2 aromatic heterocycles. The number of piperidine rings is 1. The third-order valence-corrected chi connectivity index (χ3v) is 5.05. The van der Waals surface area contributed by atoms with Crippen LogP contribution in [0.3, 0.4) is 0 Å². The van der Waals surface area contributed by atoms with E-state index in [1.807, 2.05) is 13.1 Å². The molecule has 1 aliphatic rings. The number of anilines is 1. The zero-order valence-electron chi connectivity index (χ0n) is 11.6. The van der Waals surface area contributed by atoms with Crippen molar-refractivity contribution in [1.82, 2.24) is 10.3 Å². The number of carbonyl (C=O) groups excluding carboxylic acids is 1. The number of aromatic nitrogens is 1. The lowest BCUT2D eigenvalue weighted by molar-refractivity contribution is 0.0994. The molecule has 1 fully saturated rings. The highest BCUT2D eigenvalue weighted by atomic mass is 79.9. The van der Waals surface area contributed by atoms with Crippen LogP contribution in [-0.4, -0.2) is 24.0 Å². The van der Waals surface area contributed by atoms with Gasteiger partial charge in [-0.15, -0.1) is 11.3 Å². The Morgan fingerprint density at radius 2 is 2.29 bits per heavy atom. The molecule has 3 heterocycles. The number of halogens is 1. The van der Waals surface area contributed by atoms with Crippen molar-refractivity contribution < 1.29 is 9.21 Å². The van der Waals surface area contributed by atoms with Crippen LogP contribution in [0.1, 0.15) is 39.8 Å². The number of thiazole rings is 1. The van der Waals surface area contributed by atoms with Gasteiger partial charge in [0.2, 0.25) is 0 Å². The van der Waals surface area contributed by atoms with Crippen molar-refractivity contribution in [2.24, 2.45) is 0 Å². The van der Waals surface area contributed by atoms with Crippen LogP contribution in [0.2, 0.25) is 0 Å². The van der Waals surface area contributed by atoms with E-state index in [9.17, 15) is 4.79 Å². The number of nitrogens with zero attached hydrogens (tertiary/aromatic N) is 1. The van der Waals surface area contributed by atoms with Gasteiger partial charge in [-0.1, -0.05) is 0 Å². The number of nitrogens with one attached hydrogen (secondary N) is 2. The number of furan rings is 1. The fraction of sp³-hybridized carbons (Fsp3) is 0.429. The highest BCUT2D eigenvalue weighted by molar-refractivity contribution is 9.10. The van der Waals surface area contributed by atoms with E-state index in [0.717, 1.165) is 31.5 Å². The first-order chi connectivity index (χ1) is 10.1. The molecule has 0 aliphatic carbocycles. The first-order valence-electron chi connectivity index (χ1n) is 6.87. The molecule has 0 atom stereocenters. The maximum Gasteiger partial charge on any atom is 0.293 e. The fourth-order valence-electron chi connectivity index (χ4n) is 2.46. The predicted molar refractivity (Wildman–Crippen MR) is 86.1 cm³/mol. The Hall–Kier alpha value is -1.18. The molecule has 5 nitrogen and oxygen atoms in total. The highest BCUT2D eigenvalue weighted by Gasteiger charge is 2.20. The first-order valence-corrected chi connectivity index (χ1v) is 8.48. The molecular weight excluding hydrogens is 354 g/mol. The summed E-state index contributed by atoms with van der Waals surface area (Å²) < 4.78 is 5.90.